The molecule has 1 amide bonds. The fourth-order valence-electron chi connectivity index (χ4n) is 3.90. The lowest BCUT2D eigenvalue weighted by molar-refractivity contribution is 0.102. The van der Waals surface area contributed by atoms with Gasteiger partial charge in [-0.05, 0) is 45.4 Å². The van der Waals surface area contributed by atoms with Crippen molar-refractivity contribution in [3.8, 4) is 0 Å². The van der Waals surface area contributed by atoms with Crippen LogP contribution in [0.15, 0.2) is 40.0 Å². The second-order valence-corrected chi connectivity index (χ2v) is 9.56. The number of nitrogens with zero attached hydrogens (tertiary/aromatic N) is 3. The lowest BCUT2D eigenvalue weighted by Crippen LogP contribution is -2.32. The number of aromatic nitrogens is 2. The Bertz CT molecular complexity index is 1240. The van der Waals surface area contributed by atoms with Gasteiger partial charge >= 0.3 is 0 Å². The normalized spacial score (nSPS) is 20.4. The topological polar surface area (TPSA) is 106 Å². The molecule has 0 fully saturated rings. The number of aliphatic imine (C=N–C) groups is 1. The van der Waals surface area contributed by atoms with Gasteiger partial charge in [0.25, 0.3) is 5.91 Å². The number of amides is 1. The molecule has 11 heteroatoms. The highest BCUT2D eigenvalue weighted by atomic mass is 35.5. The molecule has 0 saturated carbocycles. The van der Waals surface area contributed by atoms with Crippen LogP contribution in [-0.4, -0.2) is 21.2 Å². The van der Waals surface area contributed by atoms with Crippen molar-refractivity contribution >= 4 is 40.1 Å². The van der Waals surface area contributed by atoms with Gasteiger partial charge in [-0.15, -0.1) is 0 Å². The molecule has 3 aromatic rings. The maximum Gasteiger partial charge on any atom is 0.274 e. The number of anilines is 1. The molecular weight excluding hydrogens is 472 g/mol. The summed E-state index contributed by atoms with van der Waals surface area (Å²) in [5, 5.41) is 6.85. The van der Waals surface area contributed by atoms with E-state index in [1.165, 1.54) is 36.2 Å². The Morgan fingerprint density at radius 1 is 1.30 bits per heavy atom. The molecule has 1 aliphatic rings. The molecule has 33 heavy (non-hydrogen) atoms. The molecule has 1 aliphatic heterocycles. The largest absolute Gasteiger partial charge is 0.378 e. The first-order valence-corrected chi connectivity index (χ1v) is 11.2. The lowest BCUT2D eigenvalue weighted by Gasteiger charge is -2.35. The third kappa shape index (κ3) is 4.58. The first-order valence-electron chi connectivity index (χ1n) is 9.94. The van der Waals surface area contributed by atoms with E-state index in [9.17, 15) is 13.6 Å². The third-order valence-electron chi connectivity index (χ3n) is 5.46. The van der Waals surface area contributed by atoms with Crippen LogP contribution < -0.4 is 11.1 Å². The van der Waals surface area contributed by atoms with Crippen LogP contribution in [0.1, 0.15) is 51.7 Å². The van der Waals surface area contributed by atoms with Gasteiger partial charge in [0.2, 0.25) is 0 Å². The number of aryl methyl sites for hydroxylation is 2. The van der Waals surface area contributed by atoms with Gasteiger partial charge in [-0.2, -0.15) is 0 Å². The number of rotatable bonds is 4. The van der Waals surface area contributed by atoms with Crippen molar-refractivity contribution in [2.45, 2.75) is 38.0 Å². The average Bonchev–Trinajstić information content (AvgIpc) is 3.07. The molecule has 7 nitrogen and oxygen atoms in total. The van der Waals surface area contributed by atoms with Crippen LogP contribution in [0, 0.1) is 25.5 Å². The first-order chi connectivity index (χ1) is 15.6. The molecule has 0 bridgehead atoms. The minimum absolute atomic E-state index is 0.0330. The van der Waals surface area contributed by atoms with E-state index in [0.29, 0.717) is 22.9 Å². The maximum atomic E-state index is 15.0. The van der Waals surface area contributed by atoms with E-state index in [4.69, 9.17) is 21.9 Å². The van der Waals surface area contributed by atoms with Crippen LogP contribution in [-0.2, 0) is 5.54 Å². The Labute approximate surface area is 197 Å². The van der Waals surface area contributed by atoms with Crippen LogP contribution in [0.3, 0.4) is 0 Å². The van der Waals surface area contributed by atoms with Crippen LogP contribution >= 0.6 is 23.4 Å². The first kappa shape index (κ1) is 23.2. The number of pyridine rings is 1. The third-order valence-corrected chi connectivity index (χ3v) is 6.70. The zero-order chi connectivity index (χ0) is 23.9. The highest BCUT2D eigenvalue weighted by Crippen LogP contribution is 2.48. The van der Waals surface area contributed by atoms with E-state index in [1.807, 2.05) is 6.92 Å². The summed E-state index contributed by atoms with van der Waals surface area (Å²) in [6, 6.07) is 4.86. The monoisotopic (exact) mass is 491 g/mol. The summed E-state index contributed by atoms with van der Waals surface area (Å²) in [4.78, 5) is 20.9. The van der Waals surface area contributed by atoms with Crippen LogP contribution in [0.2, 0.25) is 5.02 Å². The SMILES string of the molecule is Cc1noc(C)c1[C@@H]1C[C@@](C)(c2cc(NC(=O)c3ccc(Cl)cn3)c(F)cc2F)N=C(N)S1. The second-order valence-electron chi connectivity index (χ2n) is 7.90. The summed E-state index contributed by atoms with van der Waals surface area (Å²) in [6.45, 7) is 5.34. The van der Waals surface area contributed by atoms with E-state index >= 15 is 0 Å². The highest BCUT2D eigenvalue weighted by molar-refractivity contribution is 8.14. The van der Waals surface area contributed by atoms with Gasteiger partial charge in [-0.3, -0.25) is 9.79 Å². The van der Waals surface area contributed by atoms with Gasteiger partial charge in [0.1, 0.15) is 23.1 Å². The predicted octanol–water partition coefficient (Wildman–Crippen LogP) is 5.28. The molecule has 172 valence electrons. The minimum atomic E-state index is -1.12. The van der Waals surface area contributed by atoms with Gasteiger partial charge in [0.05, 0.1) is 21.9 Å². The molecule has 0 aliphatic carbocycles. The highest BCUT2D eigenvalue weighted by Gasteiger charge is 2.40. The molecule has 3 heterocycles. The minimum Gasteiger partial charge on any atom is -0.378 e. The van der Waals surface area contributed by atoms with Crippen molar-refractivity contribution in [1.29, 1.82) is 0 Å². The fourth-order valence-corrected chi connectivity index (χ4v) is 5.42. The molecule has 4 rings (SSSR count). The predicted molar refractivity (Wildman–Crippen MR) is 123 cm³/mol. The maximum absolute atomic E-state index is 15.0. The molecule has 0 radical (unpaired) electrons. The van der Waals surface area contributed by atoms with Gasteiger partial charge < -0.3 is 15.6 Å². The zero-order valence-corrected chi connectivity index (χ0v) is 19.5. The number of nitrogens with one attached hydrogen (secondary N) is 1. The van der Waals surface area contributed by atoms with E-state index in [-0.39, 0.29) is 27.4 Å². The van der Waals surface area contributed by atoms with Crippen molar-refractivity contribution in [2.24, 2.45) is 10.7 Å². The smallest absolute Gasteiger partial charge is 0.274 e. The van der Waals surface area contributed by atoms with Crippen LogP contribution in [0.25, 0.3) is 0 Å². The van der Waals surface area contributed by atoms with Crippen LogP contribution in [0.5, 0.6) is 0 Å². The van der Waals surface area contributed by atoms with Crippen molar-refractivity contribution in [3.05, 3.63) is 75.4 Å². The van der Waals surface area contributed by atoms with Gasteiger partial charge in [0.15, 0.2) is 5.17 Å². The Balaban J connectivity index is 1.70. The molecule has 3 N–H and O–H groups in total. The number of hydrogen-bond donors (Lipinski definition) is 2. The fraction of sp³-hybridized carbons (Fsp3) is 0.273. The van der Waals surface area contributed by atoms with Crippen LogP contribution in [0.4, 0.5) is 14.5 Å². The zero-order valence-electron chi connectivity index (χ0n) is 17.9. The summed E-state index contributed by atoms with van der Waals surface area (Å²) >= 11 is 7.13. The molecule has 2 atom stereocenters. The molecule has 0 unspecified atom stereocenters. The number of thioether (sulfide) groups is 1. The van der Waals surface area contributed by atoms with Crippen molar-refractivity contribution in [1.82, 2.24) is 10.1 Å². The van der Waals surface area contributed by atoms with E-state index in [0.717, 1.165) is 11.6 Å². The van der Waals surface area contributed by atoms with E-state index in [1.54, 1.807) is 13.8 Å². The summed E-state index contributed by atoms with van der Waals surface area (Å²) in [5.41, 5.74) is 6.51. The number of benzene rings is 1. The Morgan fingerprint density at radius 3 is 2.70 bits per heavy atom. The molecule has 0 saturated heterocycles. The van der Waals surface area contributed by atoms with Crippen molar-refractivity contribution in [2.75, 3.05) is 5.32 Å². The molecule has 0 spiro atoms. The number of amidine groups is 1. The summed E-state index contributed by atoms with van der Waals surface area (Å²) in [7, 11) is 0. The van der Waals surface area contributed by atoms with Gasteiger partial charge in [-0.25, -0.2) is 13.8 Å². The summed E-state index contributed by atoms with van der Waals surface area (Å²) < 4.78 is 34.8. The Hall–Kier alpha value is -2.98. The standard InChI is InChI=1S/C22H20ClF2N5O2S/c1-10-19(11(2)32-30-10)18-8-22(3,29-21(26)33-18)13-6-17(15(25)7-14(13)24)28-20(31)16-5-4-12(23)9-27-16/h4-7,9,18H,8H2,1-3H3,(H2,26,29)(H,28,31)/t18-,22-/m0/s1. The summed E-state index contributed by atoms with van der Waals surface area (Å²) in [5.74, 6) is -1.74. The van der Waals surface area contributed by atoms with Gasteiger partial charge in [0, 0.05) is 28.6 Å². The number of halogens is 3. The van der Waals surface area contributed by atoms with Crippen molar-refractivity contribution < 1.29 is 18.1 Å². The second kappa shape index (κ2) is 8.75. The molecular formula is C22H20ClF2N5O2S. The summed E-state index contributed by atoms with van der Waals surface area (Å²) in [6.07, 6.45) is 1.66. The quantitative estimate of drug-likeness (QED) is 0.514. The number of nitrogens with two attached hydrogens (primary N) is 1. The van der Waals surface area contributed by atoms with E-state index < -0.39 is 23.1 Å². The van der Waals surface area contributed by atoms with E-state index in [2.05, 4.69) is 20.4 Å². The molecule has 1 aromatic carbocycles. The Morgan fingerprint density at radius 2 is 2.06 bits per heavy atom. The Kier molecular flexibility index (Phi) is 6.15. The number of hydrogen-bond acceptors (Lipinski definition) is 7. The van der Waals surface area contributed by atoms with Gasteiger partial charge in [-0.1, -0.05) is 28.5 Å². The van der Waals surface area contributed by atoms with Crippen molar-refractivity contribution in [3.63, 3.8) is 0 Å². The average molecular weight is 492 g/mol. The number of carbonyl (C=O) groups excluding carboxylic acids is 1. The molecule has 2 aromatic heterocycles. The number of carbonyl (C=O) groups is 1. The lowest BCUT2D eigenvalue weighted by atomic mass is 9.85.